The molecule has 3 rings (SSSR count). The summed E-state index contributed by atoms with van der Waals surface area (Å²) in [6.45, 7) is 1.83. The summed E-state index contributed by atoms with van der Waals surface area (Å²) in [5, 5.41) is 8.95. The SMILES string of the molecule is Cc1cc(OCc2noc(C3CC3)n2)ccc1S(N)(=O)=O. The highest BCUT2D eigenvalue weighted by molar-refractivity contribution is 7.89. The van der Waals surface area contributed by atoms with Crippen molar-refractivity contribution in [1.29, 1.82) is 0 Å². The van der Waals surface area contributed by atoms with Crippen molar-refractivity contribution in [3.05, 3.63) is 35.5 Å². The second kappa shape index (κ2) is 5.12. The molecule has 0 spiro atoms. The van der Waals surface area contributed by atoms with E-state index in [0.717, 1.165) is 12.8 Å². The number of aryl methyl sites for hydroxylation is 1. The number of aromatic nitrogens is 2. The van der Waals surface area contributed by atoms with E-state index in [2.05, 4.69) is 10.1 Å². The monoisotopic (exact) mass is 309 g/mol. The summed E-state index contributed by atoms with van der Waals surface area (Å²) >= 11 is 0. The number of benzene rings is 1. The predicted octanol–water partition coefficient (Wildman–Crippen LogP) is 1.48. The van der Waals surface area contributed by atoms with E-state index < -0.39 is 10.0 Å². The highest BCUT2D eigenvalue weighted by atomic mass is 32.2. The number of nitrogens with zero attached hydrogens (tertiary/aromatic N) is 2. The second-order valence-electron chi connectivity index (χ2n) is 5.08. The Hall–Kier alpha value is -1.93. The summed E-state index contributed by atoms with van der Waals surface area (Å²) < 4.78 is 33.3. The van der Waals surface area contributed by atoms with Crippen molar-refractivity contribution in [2.75, 3.05) is 0 Å². The molecule has 112 valence electrons. The predicted molar refractivity (Wildman–Crippen MR) is 73.2 cm³/mol. The zero-order chi connectivity index (χ0) is 15.0. The number of primary sulfonamides is 1. The molecule has 0 amide bonds. The lowest BCUT2D eigenvalue weighted by atomic mass is 10.2. The number of sulfonamides is 1. The van der Waals surface area contributed by atoms with Crippen LogP contribution in [0, 0.1) is 6.92 Å². The van der Waals surface area contributed by atoms with Gasteiger partial charge in [-0.1, -0.05) is 5.16 Å². The van der Waals surface area contributed by atoms with Crippen LogP contribution in [0.25, 0.3) is 0 Å². The molecular weight excluding hydrogens is 294 g/mol. The number of ether oxygens (including phenoxy) is 1. The second-order valence-corrected chi connectivity index (χ2v) is 6.61. The Morgan fingerprint density at radius 2 is 2.19 bits per heavy atom. The number of nitrogens with two attached hydrogens (primary N) is 1. The van der Waals surface area contributed by atoms with Crippen LogP contribution in [0.4, 0.5) is 0 Å². The summed E-state index contributed by atoms with van der Waals surface area (Å²) in [6, 6.07) is 4.59. The molecule has 1 aliphatic carbocycles. The molecule has 0 aliphatic heterocycles. The first-order chi connectivity index (χ1) is 9.93. The maximum atomic E-state index is 11.3. The summed E-state index contributed by atoms with van der Waals surface area (Å²) in [7, 11) is -3.71. The standard InChI is InChI=1S/C13H15N3O4S/c1-8-6-10(4-5-11(8)21(14,17)18)19-7-12-15-13(20-16-12)9-2-3-9/h4-6,9H,2-3,7H2,1H3,(H2,14,17,18). The van der Waals surface area contributed by atoms with E-state index in [1.807, 2.05) is 0 Å². The third-order valence-corrected chi connectivity index (χ3v) is 4.30. The van der Waals surface area contributed by atoms with Gasteiger partial charge in [0.1, 0.15) is 5.75 Å². The molecule has 1 saturated carbocycles. The first-order valence-electron chi connectivity index (χ1n) is 6.52. The van der Waals surface area contributed by atoms with Crippen LogP contribution in [0.3, 0.4) is 0 Å². The maximum Gasteiger partial charge on any atom is 0.238 e. The molecule has 0 atom stereocenters. The largest absolute Gasteiger partial charge is 0.485 e. The average Bonchev–Trinajstić information content (AvgIpc) is 3.14. The Morgan fingerprint density at radius 1 is 1.43 bits per heavy atom. The third kappa shape index (κ3) is 3.22. The first kappa shape index (κ1) is 14.0. The number of hydrogen-bond donors (Lipinski definition) is 1. The summed E-state index contributed by atoms with van der Waals surface area (Å²) in [5.41, 5.74) is 0.529. The highest BCUT2D eigenvalue weighted by Crippen LogP contribution is 2.38. The van der Waals surface area contributed by atoms with Gasteiger partial charge in [-0.15, -0.1) is 0 Å². The van der Waals surface area contributed by atoms with Gasteiger partial charge in [-0.05, 0) is 43.5 Å². The fraction of sp³-hybridized carbons (Fsp3) is 0.385. The van der Waals surface area contributed by atoms with Crippen LogP contribution in [0.2, 0.25) is 0 Å². The molecule has 1 fully saturated rings. The van der Waals surface area contributed by atoms with Crippen LogP contribution in [0.1, 0.15) is 36.0 Å². The lowest BCUT2D eigenvalue weighted by Gasteiger charge is -2.07. The van der Waals surface area contributed by atoms with Crippen molar-refractivity contribution in [3.8, 4) is 5.75 Å². The number of hydrogen-bond acceptors (Lipinski definition) is 6. The Balaban J connectivity index is 1.68. The van der Waals surface area contributed by atoms with E-state index in [1.54, 1.807) is 19.1 Å². The van der Waals surface area contributed by atoms with Gasteiger partial charge in [0.25, 0.3) is 0 Å². The van der Waals surface area contributed by atoms with E-state index in [1.165, 1.54) is 6.07 Å². The van der Waals surface area contributed by atoms with Gasteiger partial charge in [-0.2, -0.15) is 4.98 Å². The molecule has 1 heterocycles. The van der Waals surface area contributed by atoms with Gasteiger partial charge in [0, 0.05) is 5.92 Å². The van der Waals surface area contributed by atoms with E-state index in [-0.39, 0.29) is 11.5 Å². The normalized spacial score (nSPS) is 15.1. The minimum atomic E-state index is -3.71. The van der Waals surface area contributed by atoms with E-state index in [4.69, 9.17) is 14.4 Å². The van der Waals surface area contributed by atoms with Crippen LogP contribution < -0.4 is 9.88 Å². The van der Waals surface area contributed by atoms with Gasteiger partial charge in [-0.3, -0.25) is 0 Å². The Bertz CT molecular complexity index is 765. The molecule has 0 radical (unpaired) electrons. The Morgan fingerprint density at radius 3 is 2.81 bits per heavy atom. The molecule has 1 aromatic heterocycles. The van der Waals surface area contributed by atoms with Crippen LogP contribution in [-0.2, 0) is 16.6 Å². The van der Waals surface area contributed by atoms with Crippen molar-refractivity contribution < 1.29 is 17.7 Å². The first-order valence-corrected chi connectivity index (χ1v) is 8.07. The van der Waals surface area contributed by atoms with Gasteiger partial charge in [0.15, 0.2) is 6.61 Å². The van der Waals surface area contributed by atoms with Crippen LogP contribution >= 0.6 is 0 Å². The molecule has 2 N–H and O–H groups in total. The van der Waals surface area contributed by atoms with Gasteiger partial charge >= 0.3 is 0 Å². The van der Waals surface area contributed by atoms with Crippen LogP contribution in [0.15, 0.2) is 27.6 Å². The fourth-order valence-electron chi connectivity index (χ4n) is 2.00. The van der Waals surface area contributed by atoms with E-state index >= 15 is 0 Å². The van der Waals surface area contributed by atoms with Gasteiger partial charge in [0.05, 0.1) is 4.90 Å². The molecule has 21 heavy (non-hydrogen) atoms. The third-order valence-electron chi connectivity index (χ3n) is 3.23. The van der Waals surface area contributed by atoms with Crippen molar-refractivity contribution in [1.82, 2.24) is 10.1 Å². The highest BCUT2D eigenvalue weighted by Gasteiger charge is 2.29. The molecule has 2 aromatic rings. The minimum Gasteiger partial charge on any atom is -0.485 e. The molecule has 1 aliphatic rings. The van der Waals surface area contributed by atoms with Crippen molar-refractivity contribution in [2.24, 2.45) is 5.14 Å². The van der Waals surface area contributed by atoms with E-state index in [9.17, 15) is 8.42 Å². The molecule has 7 nitrogen and oxygen atoms in total. The van der Waals surface area contributed by atoms with Gasteiger partial charge in [-0.25, -0.2) is 13.6 Å². The van der Waals surface area contributed by atoms with Gasteiger partial charge in [0.2, 0.25) is 21.7 Å². The minimum absolute atomic E-state index is 0.0884. The summed E-state index contributed by atoms with van der Waals surface area (Å²) in [6.07, 6.45) is 2.19. The molecule has 0 bridgehead atoms. The van der Waals surface area contributed by atoms with Crippen LogP contribution in [-0.4, -0.2) is 18.6 Å². The fourth-order valence-corrected chi connectivity index (χ4v) is 2.77. The summed E-state index contributed by atoms with van der Waals surface area (Å²) in [4.78, 5) is 4.34. The molecule has 1 aromatic carbocycles. The lowest BCUT2D eigenvalue weighted by molar-refractivity contribution is 0.285. The zero-order valence-corrected chi connectivity index (χ0v) is 12.3. The molecule has 0 unspecified atom stereocenters. The maximum absolute atomic E-state index is 11.3. The zero-order valence-electron chi connectivity index (χ0n) is 11.4. The topological polar surface area (TPSA) is 108 Å². The van der Waals surface area contributed by atoms with E-state index in [0.29, 0.717) is 28.9 Å². The number of rotatable bonds is 5. The lowest BCUT2D eigenvalue weighted by Crippen LogP contribution is -2.13. The van der Waals surface area contributed by atoms with Crippen molar-refractivity contribution in [3.63, 3.8) is 0 Å². The molecular formula is C13H15N3O4S. The molecule has 8 heteroatoms. The van der Waals surface area contributed by atoms with Crippen LogP contribution in [0.5, 0.6) is 5.75 Å². The Kier molecular flexibility index (Phi) is 3.42. The Labute approximate surface area is 122 Å². The quantitative estimate of drug-likeness (QED) is 0.896. The van der Waals surface area contributed by atoms with Crippen molar-refractivity contribution >= 4 is 10.0 Å². The van der Waals surface area contributed by atoms with Gasteiger partial charge < -0.3 is 9.26 Å². The summed E-state index contributed by atoms with van der Waals surface area (Å²) in [5.74, 6) is 2.07. The average molecular weight is 309 g/mol. The van der Waals surface area contributed by atoms with Crippen molar-refractivity contribution in [2.45, 2.75) is 37.2 Å². The smallest absolute Gasteiger partial charge is 0.238 e. The molecule has 0 saturated heterocycles.